The maximum Gasteiger partial charge on any atom is 0.330 e. The van der Waals surface area contributed by atoms with Gasteiger partial charge in [0.1, 0.15) is 17.4 Å². The Morgan fingerprint density at radius 2 is 1.31 bits per heavy atom. The molecule has 0 aromatic heterocycles. The van der Waals surface area contributed by atoms with Gasteiger partial charge in [-0.3, -0.25) is 14.6 Å². The molecule has 0 aliphatic heterocycles. The van der Waals surface area contributed by atoms with E-state index in [1.54, 1.807) is 97.9 Å². The fraction of sp³-hybridized carbons (Fsp3) is 0.268. The van der Waals surface area contributed by atoms with Crippen LogP contribution in [0.4, 0.5) is 11.4 Å². The SMILES string of the molecule is CCCC(=NC(=NC(C)=NCCOCCOCCNC(=O)c1ccccc1)Nc1ccc(O)cc1)Nc1ccc(C(=O)NC(C(=O)O)c2ccccc2)cc1. The molecule has 0 fully saturated rings. The number of carbonyl (C=O) groups excluding carboxylic acids is 2. The molecule has 14 heteroatoms. The topological polar surface area (TPSA) is 195 Å². The Labute approximate surface area is 320 Å². The lowest BCUT2D eigenvalue weighted by atomic mass is 10.1. The minimum Gasteiger partial charge on any atom is -0.508 e. The van der Waals surface area contributed by atoms with E-state index in [0.29, 0.717) is 85.7 Å². The van der Waals surface area contributed by atoms with Crippen LogP contribution < -0.4 is 21.3 Å². The molecule has 0 radical (unpaired) electrons. The average molecular weight is 750 g/mol. The zero-order valence-electron chi connectivity index (χ0n) is 30.9. The van der Waals surface area contributed by atoms with Gasteiger partial charge in [0.25, 0.3) is 11.8 Å². The van der Waals surface area contributed by atoms with E-state index in [-0.39, 0.29) is 17.6 Å². The second-order valence-corrected chi connectivity index (χ2v) is 12.0. The smallest absolute Gasteiger partial charge is 0.330 e. The van der Waals surface area contributed by atoms with Crippen molar-refractivity contribution in [1.82, 2.24) is 10.6 Å². The van der Waals surface area contributed by atoms with Gasteiger partial charge in [0.15, 0.2) is 6.04 Å². The van der Waals surface area contributed by atoms with Crippen LogP contribution in [0.3, 0.4) is 0 Å². The largest absolute Gasteiger partial charge is 0.508 e. The maximum atomic E-state index is 12.9. The van der Waals surface area contributed by atoms with E-state index in [0.717, 1.165) is 6.42 Å². The van der Waals surface area contributed by atoms with Gasteiger partial charge < -0.3 is 41.0 Å². The fourth-order valence-electron chi connectivity index (χ4n) is 5.00. The van der Waals surface area contributed by atoms with E-state index in [1.807, 2.05) is 25.1 Å². The second kappa shape index (κ2) is 22.6. The van der Waals surface area contributed by atoms with Crippen molar-refractivity contribution in [2.45, 2.75) is 32.7 Å². The first-order valence-corrected chi connectivity index (χ1v) is 17.9. The van der Waals surface area contributed by atoms with Crippen LogP contribution in [0, 0.1) is 0 Å². The Hall–Kier alpha value is -6.38. The van der Waals surface area contributed by atoms with Gasteiger partial charge in [-0.1, -0.05) is 55.5 Å². The highest BCUT2D eigenvalue weighted by Gasteiger charge is 2.22. The number of aliphatic carboxylic acids is 1. The van der Waals surface area contributed by atoms with Gasteiger partial charge in [-0.15, -0.1) is 0 Å². The van der Waals surface area contributed by atoms with Crippen molar-refractivity contribution in [3.63, 3.8) is 0 Å². The van der Waals surface area contributed by atoms with Gasteiger partial charge in [-0.25, -0.2) is 4.79 Å². The van der Waals surface area contributed by atoms with E-state index in [9.17, 15) is 24.6 Å². The van der Waals surface area contributed by atoms with E-state index < -0.39 is 17.9 Å². The Morgan fingerprint density at radius 1 is 0.709 bits per heavy atom. The summed E-state index contributed by atoms with van der Waals surface area (Å²) in [4.78, 5) is 50.8. The number of benzene rings is 4. The first-order valence-electron chi connectivity index (χ1n) is 17.9. The van der Waals surface area contributed by atoms with Gasteiger partial charge in [0.2, 0.25) is 5.96 Å². The van der Waals surface area contributed by atoms with E-state index in [1.165, 1.54) is 0 Å². The molecule has 6 N–H and O–H groups in total. The van der Waals surface area contributed by atoms with Crippen LogP contribution in [0.5, 0.6) is 5.75 Å². The number of nitrogens with zero attached hydrogens (tertiary/aromatic N) is 3. The van der Waals surface area contributed by atoms with Crippen molar-refractivity contribution in [2.24, 2.45) is 15.0 Å². The first kappa shape index (κ1) is 41.4. The molecule has 4 aromatic carbocycles. The van der Waals surface area contributed by atoms with Gasteiger partial charge >= 0.3 is 5.97 Å². The third-order valence-electron chi connectivity index (χ3n) is 7.73. The van der Waals surface area contributed by atoms with Crippen LogP contribution in [0.25, 0.3) is 0 Å². The average Bonchev–Trinajstić information content (AvgIpc) is 3.19. The van der Waals surface area contributed by atoms with Crippen molar-refractivity contribution >= 4 is 46.8 Å². The molecule has 288 valence electrons. The number of ether oxygens (including phenoxy) is 2. The summed E-state index contributed by atoms with van der Waals surface area (Å²) in [7, 11) is 0. The highest BCUT2D eigenvalue weighted by Crippen LogP contribution is 2.17. The van der Waals surface area contributed by atoms with Crippen LogP contribution in [0.1, 0.15) is 59.0 Å². The molecule has 2 amide bonds. The molecule has 4 aromatic rings. The number of guanidine groups is 1. The summed E-state index contributed by atoms with van der Waals surface area (Å²) >= 11 is 0. The molecule has 14 nitrogen and oxygen atoms in total. The molecule has 1 atom stereocenters. The number of anilines is 2. The lowest BCUT2D eigenvalue weighted by Gasteiger charge is -2.15. The second-order valence-electron chi connectivity index (χ2n) is 12.0. The number of hydrogen-bond acceptors (Lipinski definition) is 7. The molecule has 0 aliphatic carbocycles. The summed E-state index contributed by atoms with van der Waals surface area (Å²) in [5.41, 5.74) is 2.68. The van der Waals surface area contributed by atoms with Crippen LogP contribution in [-0.4, -0.2) is 85.1 Å². The van der Waals surface area contributed by atoms with E-state index in [4.69, 9.17) is 14.5 Å². The lowest BCUT2D eigenvalue weighted by molar-refractivity contribution is -0.139. The molecule has 0 aliphatic rings. The number of phenols is 1. The molecular weight excluding hydrogens is 702 g/mol. The molecule has 0 saturated heterocycles. The zero-order chi connectivity index (χ0) is 39.3. The van der Waals surface area contributed by atoms with Gasteiger partial charge in [0.05, 0.1) is 33.0 Å². The first-order chi connectivity index (χ1) is 26.7. The third-order valence-corrected chi connectivity index (χ3v) is 7.73. The number of aromatic hydroxyl groups is 1. The quantitative estimate of drug-likeness (QED) is 0.0310. The van der Waals surface area contributed by atoms with Crippen molar-refractivity contribution in [2.75, 3.05) is 50.2 Å². The zero-order valence-corrected chi connectivity index (χ0v) is 30.9. The number of aliphatic imine (C=N–C) groups is 3. The minimum absolute atomic E-state index is 0.120. The molecular formula is C41H47N7O7. The number of carbonyl (C=O) groups is 3. The van der Waals surface area contributed by atoms with Crippen molar-refractivity contribution < 1.29 is 34.1 Å². The van der Waals surface area contributed by atoms with Gasteiger partial charge in [-0.2, -0.15) is 9.98 Å². The summed E-state index contributed by atoms with van der Waals surface area (Å²) in [6, 6.07) is 29.4. The minimum atomic E-state index is -1.19. The standard InChI is InChI=1S/C41H47N7O7/c1-3-10-36(45-33-17-15-32(16-18-33)39(51)48-37(40(52)53)30-11-6-4-7-12-30)47-41(46-34-19-21-35(49)22-20-34)44-29(2)42-23-25-54-27-28-55-26-24-43-38(50)31-13-8-5-9-14-31/h4-9,11-22,37,49H,3,10,23-28H2,1-2H3,(H,43,50)(H,48,51)(H,52,53)(H2,42,44,45,46,47). The molecule has 0 spiro atoms. The highest BCUT2D eigenvalue weighted by molar-refractivity contribution is 6.10. The number of phenolic OH excluding ortho intramolecular Hbond substituents is 1. The summed E-state index contributed by atoms with van der Waals surface area (Å²) < 4.78 is 11.2. The summed E-state index contributed by atoms with van der Waals surface area (Å²) in [6.45, 7) is 5.99. The molecule has 0 bridgehead atoms. The number of amides is 2. The highest BCUT2D eigenvalue weighted by atomic mass is 16.5. The molecule has 0 saturated carbocycles. The van der Waals surface area contributed by atoms with E-state index >= 15 is 0 Å². The molecule has 4 rings (SSSR count). The third kappa shape index (κ3) is 14.9. The maximum absolute atomic E-state index is 12.9. The summed E-state index contributed by atoms with van der Waals surface area (Å²) in [6.07, 6.45) is 1.34. The predicted molar refractivity (Wildman–Crippen MR) is 214 cm³/mol. The van der Waals surface area contributed by atoms with Crippen LogP contribution in [0.2, 0.25) is 0 Å². The van der Waals surface area contributed by atoms with Crippen molar-refractivity contribution in [3.8, 4) is 5.75 Å². The van der Waals surface area contributed by atoms with Crippen LogP contribution >= 0.6 is 0 Å². The van der Waals surface area contributed by atoms with Crippen molar-refractivity contribution in [3.05, 3.63) is 126 Å². The number of rotatable bonds is 18. The number of amidine groups is 2. The normalized spacial score (nSPS) is 12.4. The molecule has 55 heavy (non-hydrogen) atoms. The number of carboxylic acid groups (broad SMARTS) is 1. The fourth-order valence-corrected chi connectivity index (χ4v) is 5.00. The molecule has 0 heterocycles. The van der Waals surface area contributed by atoms with Gasteiger partial charge in [-0.05, 0) is 79.6 Å². The number of hydrogen-bond donors (Lipinski definition) is 6. The van der Waals surface area contributed by atoms with Gasteiger partial charge in [0, 0.05) is 35.5 Å². The van der Waals surface area contributed by atoms with Crippen LogP contribution in [-0.2, 0) is 14.3 Å². The number of nitrogens with one attached hydrogen (secondary N) is 4. The Kier molecular flexibility index (Phi) is 17.0. The van der Waals surface area contributed by atoms with E-state index in [2.05, 4.69) is 31.3 Å². The number of carboxylic acids is 1. The predicted octanol–water partition coefficient (Wildman–Crippen LogP) is 5.91. The van der Waals surface area contributed by atoms with Crippen LogP contribution in [0.15, 0.2) is 124 Å². The monoisotopic (exact) mass is 749 g/mol. The summed E-state index contributed by atoms with van der Waals surface area (Å²) in [5, 5.41) is 31.3. The lowest BCUT2D eigenvalue weighted by Crippen LogP contribution is -2.33. The summed E-state index contributed by atoms with van der Waals surface area (Å²) in [5.74, 6) is -0.397. The Balaban J connectivity index is 1.32. The Bertz CT molecular complexity index is 1900. The molecule has 1 unspecified atom stereocenters. The Morgan fingerprint density at radius 3 is 1.96 bits per heavy atom. The van der Waals surface area contributed by atoms with Crippen molar-refractivity contribution in [1.29, 1.82) is 0 Å².